The highest BCUT2D eigenvalue weighted by atomic mass is 16.2. The Bertz CT molecular complexity index is 1110. The van der Waals surface area contributed by atoms with Gasteiger partial charge in [0.05, 0.1) is 16.7 Å². The van der Waals surface area contributed by atoms with E-state index in [1.165, 1.54) is 36.0 Å². The van der Waals surface area contributed by atoms with E-state index in [2.05, 4.69) is 5.32 Å². The topological polar surface area (TPSA) is 109 Å². The van der Waals surface area contributed by atoms with E-state index in [0.717, 1.165) is 24.2 Å². The van der Waals surface area contributed by atoms with Crippen LogP contribution >= 0.6 is 0 Å². The molecule has 0 atom stereocenters. The van der Waals surface area contributed by atoms with Crippen LogP contribution in [0, 0.1) is 0 Å². The number of aryl methyl sites for hydroxylation is 1. The average Bonchev–Trinajstić information content (AvgIpc) is 3.02. The van der Waals surface area contributed by atoms with E-state index in [1.54, 1.807) is 17.0 Å². The number of likely N-dealkylation sites (tertiary alicyclic amines) is 1. The van der Waals surface area contributed by atoms with Crippen LogP contribution in [0.25, 0.3) is 0 Å². The standard InChI is InChI=1S/C22H22N4O5/c1-24-12-14(19(28)25-9-5-2-6-10-25)11-17(22(24)31)23-18(27)13-26-20(29)15-7-3-4-8-16(15)21(26)30/h3-4,7-8,11-12H,2,5-6,9-10,13H2,1H3,(H,23,27). The lowest BCUT2D eigenvalue weighted by molar-refractivity contribution is -0.116. The summed E-state index contributed by atoms with van der Waals surface area (Å²) in [6.45, 7) is 0.784. The van der Waals surface area contributed by atoms with Crippen molar-refractivity contribution in [1.82, 2.24) is 14.4 Å². The minimum atomic E-state index is -0.700. The Labute approximate surface area is 178 Å². The zero-order valence-electron chi connectivity index (χ0n) is 17.1. The minimum Gasteiger partial charge on any atom is -0.339 e. The monoisotopic (exact) mass is 422 g/mol. The highest BCUT2D eigenvalue weighted by molar-refractivity contribution is 6.22. The molecule has 1 saturated heterocycles. The van der Waals surface area contributed by atoms with Gasteiger partial charge in [-0.05, 0) is 37.5 Å². The summed E-state index contributed by atoms with van der Waals surface area (Å²) in [4.78, 5) is 65.3. The first kappa shape index (κ1) is 20.5. The molecule has 2 aromatic rings. The summed E-state index contributed by atoms with van der Waals surface area (Å²) < 4.78 is 1.23. The van der Waals surface area contributed by atoms with Crippen molar-refractivity contribution in [1.29, 1.82) is 0 Å². The molecule has 0 radical (unpaired) electrons. The number of imide groups is 1. The molecule has 9 heteroatoms. The van der Waals surface area contributed by atoms with Crippen molar-refractivity contribution in [3.8, 4) is 0 Å². The molecule has 0 unspecified atom stereocenters. The summed E-state index contributed by atoms with van der Waals surface area (Å²) in [5.41, 5.74) is 0.202. The van der Waals surface area contributed by atoms with Crippen molar-refractivity contribution in [2.45, 2.75) is 19.3 Å². The molecule has 0 bridgehead atoms. The molecule has 9 nitrogen and oxygen atoms in total. The van der Waals surface area contributed by atoms with Gasteiger partial charge in [-0.2, -0.15) is 0 Å². The predicted octanol–water partition coefficient (Wildman–Crippen LogP) is 1.25. The first-order valence-electron chi connectivity index (χ1n) is 10.1. The summed E-state index contributed by atoms with van der Waals surface area (Å²) in [6.07, 6.45) is 4.39. The van der Waals surface area contributed by atoms with Gasteiger partial charge in [0.15, 0.2) is 0 Å². The third kappa shape index (κ3) is 3.86. The molecule has 0 spiro atoms. The van der Waals surface area contributed by atoms with Crippen molar-refractivity contribution >= 4 is 29.3 Å². The molecule has 160 valence electrons. The number of fused-ring (bicyclic) bond motifs is 1. The molecule has 2 aliphatic rings. The molecule has 0 saturated carbocycles. The first-order valence-corrected chi connectivity index (χ1v) is 10.1. The van der Waals surface area contributed by atoms with Crippen LogP contribution in [0.15, 0.2) is 41.3 Å². The van der Waals surface area contributed by atoms with Crippen LogP contribution in [-0.2, 0) is 11.8 Å². The SMILES string of the molecule is Cn1cc(C(=O)N2CCCCC2)cc(NC(=O)CN2C(=O)c3ccccc3C2=O)c1=O. The highest BCUT2D eigenvalue weighted by Gasteiger charge is 2.36. The van der Waals surface area contributed by atoms with E-state index in [9.17, 15) is 24.0 Å². The van der Waals surface area contributed by atoms with Crippen LogP contribution in [0.1, 0.15) is 50.3 Å². The minimum absolute atomic E-state index is 0.0769. The Hall–Kier alpha value is -3.75. The van der Waals surface area contributed by atoms with Crippen LogP contribution in [0.4, 0.5) is 5.69 Å². The van der Waals surface area contributed by atoms with Gasteiger partial charge in [-0.25, -0.2) is 0 Å². The molecule has 1 fully saturated rings. The molecule has 2 aliphatic heterocycles. The number of hydrogen-bond donors (Lipinski definition) is 1. The van der Waals surface area contributed by atoms with Crippen molar-refractivity contribution in [2.75, 3.05) is 25.0 Å². The van der Waals surface area contributed by atoms with Gasteiger partial charge in [-0.1, -0.05) is 12.1 Å². The Morgan fingerprint density at radius 3 is 2.19 bits per heavy atom. The second-order valence-corrected chi connectivity index (χ2v) is 7.70. The van der Waals surface area contributed by atoms with Crippen molar-refractivity contribution in [3.05, 3.63) is 63.6 Å². The number of nitrogens with one attached hydrogen (secondary N) is 1. The number of benzene rings is 1. The highest BCUT2D eigenvalue weighted by Crippen LogP contribution is 2.22. The summed E-state index contributed by atoms with van der Waals surface area (Å²) in [7, 11) is 1.50. The smallest absolute Gasteiger partial charge is 0.274 e. The molecule has 31 heavy (non-hydrogen) atoms. The number of rotatable bonds is 4. The molecule has 1 N–H and O–H groups in total. The van der Waals surface area contributed by atoms with Crippen LogP contribution in [0.5, 0.6) is 0 Å². The van der Waals surface area contributed by atoms with Gasteiger partial charge < -0.3 is 14.8 Å². The lowest BCUT2D eigenvalue weighted by atomic mass is 10.1. The number of anilines is 1. The van der Waals surface area contributed by atoms with Gasteiger partial charge in [0.1, 0.15) is 12.2 Å². The van der Waals surface area contributed by atoms with Crippen molar-refractivity contribution < 1.29 is 19.2 Å². The van der Waals surface area contributed by atoms with Crippen LogP contribution in [0.3, 0.4) is 0 Å². The molecule has 3 heterocycles. The Kier molecular flexibility index (Phi) is 5.41. The summed E-state index contributed by atoms with van der Waals surface area (Å²) in [5, 5.41) is 2.45. The van der Waals surface area contributed by atoms with E-state index in [-0.39, 0.29) is 22.7 Å². The normalized spacial score (nSPS) is 15.8. The number of hydrogen-bond acceptors (Lipinski definition) is 5. The number of nitrogens with zero attached hydrogens (tertiary/aromatic N) is 3. The molecule has 1 aromatic carbocycles. The van der Waals surface area contributed by atoms with E-state index in [1.807, 2.05) is 0 Å². The maximum atomic E-state index is 12.8. The van der Waals surface area contributed by atoms with Gasteiger partial charge in [0, 0.05) is 26.3 Å². The molecular weight excluding hydrogens is 400 g/mol. The largest absolute Gasteiger partial charge is 0.339 e. The van der Waals surface area contributed by atoms with Crippen LogP contribution in [0.2, 0.25) is 0 Å². The molecular formula is C22H22N4O5. The first-order chi connectivity index (χ1) is 14.9. The third-order valence-electron chi connectivity index (χ3n) is 5.53. The van der Waals surface area contributed by atoms with Gasteiger partial charge in [0.25, 0.3) is 23.3 Å². The number of carbonyl (C=O) groups excluding carboxylic acids is 4. The Morgan fingerprint density at radius 1 is 0.968 bits per heavy atom. The second kappa shape index (κ2) is 8.17. The Balaban J connectivity index is 1.51. The summed E-state index contributed by atoms with van der Waals surface area (Å²) >= 11 is 0. The van der Waals surface area contributed by atoms with Gasteiger partial charge in [-0.3, -0.25) is 28.9 Å². The van der Waals surface area contributed by atoms with E-state index < -0.39 is 29.8 Å². The molecule has 1 aromatic heterocycles. The van der Waals surface area contributed by atoms with Gasteiger partial charge in [0.2, 0.25) is 5.91 Å². The summed E-state index contributed by atoms with van der Waals surface area (Å²) in [5.74, 6) is -2.02. The molecule has 4 rings (SSSR count). The van der Waals surface area contributed by atoms with Crippen LogP contribution in [-0.4, -0.2) is 57.6 Å². The van der Waals surface area contributed by atoms with E-state index in [0.29, 0.717) is 18.7 Å². The molecule has 4 amide bonds. The lowest BCUT2D eigenvalue weighted by Crippen LogP contribution is -2.39. The zero-order valence-corrected chi connectivity index (χ0v) is 17.1. The van der Waals surface area contributed by atoms with E-state index in [4.69, 9.17) is 0 Å². The third-order valence-corrected chi connectivity index (χ3v) is 5.53. The number of pyridine rings is 1. The molecule has 0 aliphatic carbocycles. The fraction of sp³-hybridized carbons (Fsp3) is 0.318. The van der Waals surface area contributed by atoms with Gasteiger partial charge in [-0.15, -0.1) is 0 Å². The number of amides is 4. The fourth-order valence-electron chi connectivity index (χ4n) is 3.91. The van der Waals surface area contributed by atoms with Crippen LogP contribution < -0.4 is 10.9 Å². The average molecular weight is 422 g/mol. The predicted molar refractivity (Wildman–Crippen MR) is 112 cm³/mol. The quantitative estimate of drug-likeness (QED) is 0.746. The lowest BCUT2D eigenvalue weighted by Gasteiger charge is -2.27. The maximum absolute atomic E-state index is 12.8. The summed E-state index contributed by atoms with van der Waals surface area (Å²) in [6, 6.07) is 7.68. The number of carbonyl (C=O) groups is 4. The number of piperidine rings is 1. The Morgan fingerprint density at radius 2 is 1.58 bits per heavy atom. The van der Waals surface area contributed by atoms with E-state index >= 15 is 0 Å². The fourth-order valence-corrected chi connectivity index (χ4v) is 3.91. The van der Waals surface area contributed by atoms with Gasteiger partial charge >= 0.3 is 0 Å². The zero-order chi connectivity index (χ0) is 22.1. The second-order valence-electron chi connectivity index (χ2n) is 7.70. The van der Waals surface area contributed by atoms with Crippen molar-refractivity contribution in [2.24, 2.45) is 7.05 Å². The number of aromatic nitrogens is 1. The maximum Gasteiger partial charge on any atom is 0.274 e. The van der Waals surface area contributed by atoms with Crippen molar-refractivity contribution in [3.63, 3.8) is 0 Å².